The van der Waals surface area contributed by atoms with Gasteiger partial charge in [-0.2, -0.15) is 0 Å². The molecule has 1 saturated heterocycles. The van der Waals surface area contributed by atoms with Crippen molar-refractivity contribution in [3.8, 4) is 11.5 Å². The van der Waals surface area contributed by atoms with Gasteiger partial charge in [0.05, 0.1) is 13.1 Å². The van der Waals surface area contributed by atoms with Gasteiger partial charge in [-0.15, -0.1) is 24.0 Å². The molecule has 170 valence electrons. The lowest BCUT2D eigenvalue weighted by Gasteiger charge is -2.37. The maximum absolute atomic E-state index is 5.69. The van der Waals surface area contributed by atoms with Crippen molar-refractivity contribution in [3.63, 3.8) is 0 Å². The molecule has 1 aromatic carbocycles. The number of aryl methyl sites for hydroxylation is 1. The van der Waals surface area contributed by atoms with Gasteiger partial charge in [-0.25, -0.2) is 0 Å². The molecule has 1 N–H and O–H groups in total. The Hall–Kier alpha value is -1.94. The van der Waals surface area contributed by atoms with Crippen LogP contribution in [-0.2, 0) is 23.7 Å². The molecule has 2 aliphatic rings. The van der Waals surface area contributed by atoms with Crippen LogP contribution in [0.3, 0.4) is 0 Å². The summed E-state index contributed by atoms with van der Waals surface area (Å²) in [5, 5.41) is 3.45. The zero-order chi connectivity index (χ0) is 21.0. The van der Waals surface area contributed by atoms with Crippen LogP contribution in [0.25, 0.3) is 0 Å². The Morgan fingerprint density at radius 2 is 1.97 bits per heavy atom. The number of rotatable bonds is 6. The van der Waals surface area contributed by atoms with E-state index < -0.39 is 0 Å². The first-order valence-electron chi connectivity index (χ1n) is 10.7. The summed E-state index contributed by atoms with van der Waals surface area (Å²) in [6.07, 6.45) is 3.96. The van der Waals surface area contributed by atoms with Gasteiger partial charge < -0.3 is 29.0 Å². The highest BCUT2D eigenvalue weighted by Crippen LogP contribution is 2.41. The molecule has 7 nitrogen and oxygen atoms in total. The number of aromatic nitrogens is 1. The molecule has 4 rings (SSSR count). The van der Waals surface area contributed by atoms with E-state index in [4.69, 9.17) is 19.2 Å². The summed E-state index contributed by atoms with van der Waals surface area (Å²) >= 11 is 0. The number of fused-ring (bicyclic) bond motifs is 1. The molecule has 0 amide bonds. The summed E-state index contributed by atoms with van der Waals surface area (Å²) in [4.78, 5) is 7.27. The molecule has 31 heavy (non-hydrogen) atoms. The smallest absolute Gasteiger partial charge is 0.231 e. The number of halogens is 1. The molecule has 2 aliphatic heterocycles. The van der Waals surface area contributed by atoms with Crippen molar-refractivity contribution in [1.29, 1.82) is 0 Å². The molecule has 2 aromatic rings. The van der Waals surface area contributed by atoms with Crippen LogP contribution in [0.2, 0.25) is 0 Å². The lowest BCUT2D eigenvalue weighted by Crippen LogP contribution is -2.42. The minimum Gasteiger partial charge on any atom is -0.454 e. The van der Waals surface area contributed by atoms with Crippen LogP contribution in [0.1, 0.15) is 31.0 Å². The monoisotopic (exact) mass is 540 g/mol. The fourth-order valence-electron chi connectivity index (χ4n) is 4.20. The highest BCUT2D eigenvalue weighted by atomic mass is 127. The summed E-state index contributed by atoms with van der Waals surface area (Å²) in [6, 6.07) is 10.5. The first-order valence-corrected chi connectivity index (χ1v) is 10.7. The number of ether oxygens (including phenoxy) is 3. The third-order valence-electron chi connectivity index (χ3n) is 6.11. The van der Waals surface area contributed by atoms with Crippen molar-refractivity contribution in [2.45, 2.75) is 31.7 Å². The van der Waals surface area contributed by atoms with Crippen LogP contribution < -0.4 is 14.8 Å². The molecule has 1 fully saturated rings. The molecular formula is C23H33IN4O3. The SMILES string of the molecule is CCNC(=NCC1(c2ccc3c(c2)OCO3)CCOCC1)N(C)Cc1cccn1C.I. The summed E-state index contributed by atoms with van der Waals surface area (Å²) in [5.41, 5.74) is 2.44. The molecule has 3 heterocycles. The summed E-state index contributed by atoms with van der Waals surface area (Å²) in [7, 11) is 4.16. The first-order chi connectivity index (χ1) is 14.6. The number of aliphatic imine (C=N–C) groups is 1. The van der Waals surface area contributed by atoms with Gasteiger partial charge in [-0.3, -0.25) is 4.99 Å². The molecule has 1 aromatic heterocycles. The van der Waals surface area contributed by atoms with Crippen molar-refractivity contribution in [1.82, 2.24) is 14.8 Å². The maximum Gasteiger partial charge on any atom is 0.231 e. The van der Waals surface area contributed by atoms with E-state index in [0.29, 0.717) is 13.3 Å². The Balaban J connectivity index is 0.00000272. The highest BCUT2D eigenvalue weighted by molar-refractivity contribution is 14.0. The van der Waals surface area contributed by atoms with E-state index in [2.05, 4.69) is 66.3 Å². The predicted molar refractivity (Wildman–Crippen MR) is 133 cm³/mol. The molecule has 0 atom stereocenters. The molecule has 0 saturated carbocycles. The van der Waals surface area contributed by atoms with Crippen LogP contribution in [-0.4, -0.2) is 55.6 Å². The van der Waals surface area contributed by atoms with Gasteiger partial charge in [-0.05, 0) is 49.6 Å². The Bertz CT molecular complexity index is 893. The van der Waals surface area contributed by atoms with E-state index in [0.717, 1.165) is 56.6 Å². The largest absolute Gasteiger partial charge is 0.454 e. The van der Waals surface area contributed by atoms with E-state index in [-0.39, 0.29) is 29.4 Å². The topological polar surface area (TPSA) is 60.3 Å². The number of nitrogens with one attached hydrogen (secondary N) is 1. The molecule has 8 heteroatoms. The minimum atomic E-state index is -0.0638. The summed E-state index contributed by atoms with van der Waals surface area (Å²) < 4.78 is 19.0. The minimum absolute atomic E-state index is 0. The molecular weight excluding hydrogens is 507 g/mol. The second kappa shape index (κ2) is 10.6. The average Bonchev–Trinajstić information content (AvgIpc) is 3.40. The van der Waals surface area contributed by atoms with Crippen LogP contribution >= 0.6 is 24.0 Å². The molecule has 0 unspecified atom stereocenters. The van der Waals surface area contributed by atoms with Crippen LogP contribution in [0.5, 0.6) is 11.5 Å². The number of nitrogens with zero attached hydrogens (tertiary/aromatic N) is 3. The van der Waals surface area contributed by atoms with Crippen LogP contribution in [0, 0.1) is 0 Å². The average molecular weight is 540 g/mol. The molecule has 0 spiro atoms. The Labute approximate surface area is 201 Å². The first kappa shape index (κ1) is 23.7. The molecule has 0 bridgehead atoms. The van der Waals surface area contributed by atoms with Crippen molar-refractivity contribution in [2.24, 2.45) is 12.0 Å². The Kier molecular flexibility index (Phi) is 8.10. The zero-order valence-electron chi connectivity index (χ0n) is 18.6. The number of hydrogen-bond acceptors (Lipinski definition) is 4. The normalized spacial score (nSPS) is 17.2. The second-order valence-corrected chi connectivity index (χ2v) is 8.10. The lowest BCUT2D eigenvalue weighted by atomic mass is 9.74. The fourth-order valence-corrected chi connectivity index (χ4v) is 4.20. The fraction of sp³-hybridized carbons (Fsp3) is 0.522. The van der Waals surface area contributed by atoms with Gasteiger partial charge in [0.1, 0.15) is 0 Å². The van der Waals surface area contributed by atoms with E-state index in [9.17, 15) is 0 Å². The van der Waals surface area contributed by atoms with Gasteiger partial charge >= 0.3 is 0 Å². The molecule has 0 radical (unpaired) electrons. The lowest BCUT2D eigenvalue weighted by molar-refractivity contribution is 0.0529. The van der Waals surface area contributed by atoms with Gasteiger partial charge in [0.2, 0.25) is 6.79 Å². The maximum atomic E-state index is 5.69. The van der Waals surface area contributed by atoms with Crippen molar-refractivity contribution in [3.05, 3.63) is 47.8 Å². The van der Waals surface area contributed by atoms with Gasteiger partial charge in [-0.1, -0.05) is 6.07 Å². The van der Waals surface area contributed by atoms with Gasteiger partial charge in [0, 0.05) is 51.2 Å². The highest BCUT2D eigenvalue weighted by Gasteiger charge is 2.36. The third kappa shape index (κ3) is 5.28. The second-order valence-electron chi connectivity index (χ2n) is 8.10. The number of hydrogen-bond donors (Lipinski definition) is 1. The van der Waals surface area contributed by atoms with E-state index in [1.54, 1.807) is 0 Å². The number of guanidine groups is 1. The van der Waals surface area contributed by atoms with Gasteiger partial charge in [0.25, 0.3) is 0 Å². The van der Waals surface area contributed by atoms with Crippen molar-refractivity contribution >= 4 is 29.9 Å². The van der Waals surface area contributed by atoms with E-state index in [1.165, 1.54) is 11.3 Å². The Morgan fingerprint density at radius 3 is 2.68 bits per heavy atom. The third-order valence-corrected chi connectivity index (χ3v) is 6.11. The zero-order valence-corrected chi connectivity index (χ0v) is 20.9. The predicted octanol–water partition coefficient (Wildman–Crippen LogP) is 3.52. The summed E-state index contributed by atoms with van der Waals surface area (Å²) in [5.74, 6) is 2.57. The Morgan fingerprint density at radius 1 is 1.19 bits per heavy atom. The van der Waals surface area contributed by atoms with Gasteiger partial charge in [0.15, 0.2) is 17.5 Å². The number of benzene rings is 1. The quantitative estimate of drug-likeness (QED) is 0.345. The molecule has 0 aliphatic carbocycles. The summed E-state index contributed by atoms with van der Waals surface area (Å²) in [6.45, 7) is 6.23. The van der Waals surface area contributed by atoms with Crippen molar-refractivity contribution in [2.75, 3.05) is 40.1 Å². The van der Waals surface area contributed by atoms with Crippen LogP contribution in [0.15, 0.2) is 41.5 Å². The van der Waals surface area contributed by atoms with Crippen LogP contribution in [0.4, 0.5) is 0 Å². The van der Waals surface area contributed by atoms with Crippen molar-refractivity contribution < 1.29 is 14.2 Å². The standard InChI is InChI=1S/C23H32N4O3.HI/c1-4-24-22(27(3)15-19-6-5-11-26(19)2)25-16-23(9-12-28-13-10-23)18-7-8-20-21(14-18)30-17-29-20;/h5-8,11,14H,4,9-10,12-13,15-17H2,1-3H3,(H,24,25);1H. The van der Waals surface area contributed by atoms with E-state index >= 15 is 0 Å². The van der Waals surface area contributed by atoms with E-state index in [1.807, 2.05) is 6.07 Å².